The molecule has 1 aromatic carbocycles. The van der Waals surface area contributed by atoms with Crippen molar-refractivity contribution in [2.45, 2.75) is 4.90 Å². The van der Waals surface area contributed by atoms with Crippen LogP contribution in [0.15, 0.2) is 79.6 Å². The van der Waals surface area contributed by atoms with Crippen molar-refractivity contribution in [3.8, 4) is 0 Å². The summed E-state index contributed by atoms with van der Waals surface area (Å²) in [7, 11) is -3.84. The number of nitrogens with zero attached hydrogens (tertiary/aromatic N) is 3. The zero-order valence-electron chi connectivity index (χ0n) is 10.1. The Hall–Kier alpha value is -1.77. The minimum Gasteiger partial charge on any atom is -0.284 e. The molecule has 0 aromatic heterocycles. The van der Waals surface area contributed by atoms with Gasteiger partial charge in [-0.25, -0.2) is 5.06 Å². The van der Waals surface area contributed by atoms with Crippen molar-refractivity contribution >= 4 is 26.0 Å². The summed E-state index contributed by atoms with van der Waals surface area (Å²) in [6.45, 7) is 0. The molecule has 0 bridgehead atoms. The van der Waals surface area contributed by atoms with Crippen LogP contribution in [0.4, 0.5) is 0 Å². The maximum Gasteiger partial charge on any atom is 0.299 e. The van der Waals surface area contributed by atoms with E-state index >= 15 is 0 Å². The lowest BCUT2D eigenvalue weighted by molar-refractivity contribution is -0.000512. The van der Waals surface area contributed by atoms with Gasteiger partial charge in [0.15, 0.2) is 0 Å². The van der Waals surface area contributed by atoms with Gasteiger partial charge in [-0.2, -0.15) is 8.42 Å². The Morgan fingerprint density at radius 2 is 1.90 bits per heavy atom. The van der Waals surface area contributed by atoms with Gasteiger partial charge in [0.05, 0.1) is 16.8 Å². The van der Waals surface area contributed by atoms with Gasteiger partial charge < -0.3 is 0 Å². The molecule has 0 fully saturated rings. The summed E-state index contributed by atoms with van der Waals surface area (Å²) in [5.74, 6) is 0. The van der Waals surface area contributed by atoms with E-state index in [-0.39, 0.29) is 4.90 Å². The minimum absolute atomic E-state index is 0.0442. The van der Waals surface area contributed by atoms with E-state index < -0.39 is 10.0 Å². The molecule has 6 nitrogen and oxygen atoms in total. The van der Waals surface area contributed by atoms with Crippen LogP contribution in [0.2, 0.25) is 0 Å². The molecule has 1 aliphatic heterocycles. The molecule has 1 N–H and O–H groups in total. The topological polar surface area (TPSA) is 82.3 Å². The highest BCUT2D eigenvalue weighted by molar-refractivity contribution is 9.10. The smallest absolute Gasteiger partial charge is 0.284 e. The molecule has 1 heterocycles. The maximum atomic E-state index is 11.9. The predicted molar refractivity (Wildman–Crippen MR) is 76.2 cm³/mol. The zero-order chi connectivity index (χ0) is 14.6. The molecule has 2 rings (SSSR count). The monoisotopic (exact) mass is 355 g/mol. The fraction of sp³-hybridized carbons (Fsp3) is 0. The standard InChI is InChI=1S/C12H10BrN3O3S/c13-10-4-6-12(7-5-10)20(18,19)15-14-9-11-3-1-2-8-16(11)17/h1-9,17H. The molecule has 0 saturated carbocycles. The third kappa shape index (κ3) is 3.62. The van der Waals surface area contributed by atoms with Crippen molar-refractivity contribution in [2.75, 3.05) is 0 Å². The van der Waals surface area contributed by atoms with Gasteiger partial charge in [0.1, 0.15) is 0 Å². The van der Waals surface area contributed by atoms with Crippen molar-refractivity contribution in [1.82, 2.24) is 5.06 Å². The Balaban J connectivity index is 2.18. The van der Waals surface area contributed by atoms with Gasteiger partial charge in [0, 0.05) is 10.7 Å². The van der Waals surface area contributed by atoms with E-state index in [1.165, 1.54) is 18.3 Å². The van der Waals surface area contributed by atoms with E-state index in [1.54, 1.807) is 30.4 Å². The van der Waals surface area contributed by atoms with E-state index in [0.717, 1.165) is 15.7 Å². The van der Waals surface area contributed by atoms with Crippen molar-refractivity contribution in [1.29, 1.82) is 0 Å². The SMILES string of the molecule is O=S(=O)(N=NC=C1C=CC=CN1O)c1ccc(Br)cc1. The summed E-state index contributed by atoms with van der Waals surface area (Å²) in [6, 6.07) is 6.05. The first-order valence-corrected chi connectivity index (χ1v) is 7.68. The van der Waals surface area contributed by atoms with Gasteiger partial charge in [-0.15, -0.1) is 5.11 Å². The molecule has 0 atom stereocenters. The van der Waals surface area contributed by atoms with Gasteiger partial charge in [-0.3, -0.25) is 5.21 Å². The van der Waals surface area contributed by atoms with Crippen LogP contribution in [-0.2, 0) is 10.0 Å². The largest absolute Gasteiger partial charge is 0.299 e. The second-order valence-corrected chi connectivity index (χ2v) is 6.23. The summed E-state index contributed by atoms with van der Waals surface area (Å²) < 4.78 is 27.8. The Morgan fingerprint density at radius 1 is 1.20 bits per heavy atom. The molecule has 8 heteroatoms. The van der Waals surface area contributed by atoms with Crippen LogP contribution in [0.25, 0.3) is 0 Å². The summed E-state index contributed by atoms with van der Waals surface area (Å²) in [4.78, 5) is 0.0442. The highest BCUT2D eigenvalue weighted by atomic mass is 79.9. The number of halogens is 1. The van der Waals surface area contributed by atoms with E-state index in [1.807, 2.05) is 0 Å². The van der Waals surface area contributed by atoms with Gasteiger partial charge >= 0.3 is 0 Å². The fourth-order valence-electron chi connectivity index (χ4n) is 1.35. The Morgan fingerprint density at radius 3 is 2.55 bits per heavy atom. The Kier molecular flexibility index (Phi) is 4.48. The summed E-state index contributed by atoms with van der Waals surface area (Å²) >= 11 is 3.22. The van der Waals surface area contributed by atoms with Crippen molar-refractivity contribution in [2.24, 2.45) is 9.63 Å². The molecule has 0 amide bonds. The normalized spacial score (nSPS) is 17.3. The molecule has 1 aliphatic rings. The van der Waals surface area contributed by atoms with Crippen LogP contribution < -0.4 is 0 Å². The average Bonchev–Trinajstić information content (AvgIpc) is 2.41. The quantitative estimate of drug-likeness (QED) is 0.843. The summed E-state index contributed by atoms with van der Waals surface area (Å²) in [6.07, 6.45) is 7.40. The highest BCUT2D eigenvalue weighted by Crippen LogP contribution is 2.17. The van der Waals surface area contributed by atoms with Crippen LogP contribution in [0.3, 0.4) is 0 Å². The molecule has 0 aliphatic carbocycles. The Labute approximate surface area is 124 Å². The highest BCUT2D eigenvalue weighted by Gasteiger charge is 2.12. The molecule has 0 saturated heterocycles. The van der Waals surface area contributed by atoms with Gasteiger partial charge in [0.2, 0.25) is 0 Å². The molecule has 104 valence electrons. The molecule has 0 unspecified atom stereocenters. The van der Waals surface area contributed by atoms with Crippen LogP contribution in [0.1, 0.15) is 0 Å². The third-order valence-corrected chi connectivity index (χ3v) is 4.03. The number of benzene rings is 1. The van der Waals surface area contributed by atoms with E-state index in [9.17, 15) is 13.6 Å². The number of allylic oxidation sites excluding steroid dienone is 3. The first kappa shape index (κ1) is 14.6. The fourth-order valence-corrected chi connectivity index (χ4v) is 2.36. The molecular weight excluding hydrogens is 346 g/mol. The van der Waals surface area contributed by atoms with Gasteiger partial charge in [-0.1, -0.05) is 26.5 Å². The number of sulfonamides is 1. The summed E-state index contributed by atoms with van der Waals surface area (Å²) in [5, 5.41) is 13.7. The van der Waals surface area contributed by atoms with Crippen molar-refractivity contribution < 1.29 is 13.6 Å². The molecule has 0 radical (unpaired) electrons. The first-order valence-electron chi connectivity index (χ1n) is 5.45. The zero-order valence-corrected chi connectivity index (χ0v) is 12.5. The maximum absolute atomic E-state index is 11.9. The van der Waals surface area contributed by atoms with Crippen molar-refractivity contribution in [3.05, 3.63) is 65.1 Å². The average molecular weight is 356 g/mol. The third-order valence-electron chi connectivity index (χ3n) is 2.33. The van der Waals surface area contributed by atoms with Gasteiger partial charge in [-0.05, 0) is 36.4 Å². The second-order valence-electron chi connectivity index (χ2n) is 3.73. The predicted octanol–water partition coefficient (Wildman–Crippen LogP) is 3.21. The lowest BCUT2D eigenvalue weighted by Gasteiger charge is -2.13. The van der Waals surface area contributed by atoms with Crippen LogP contribution in [0.5, 0.6) is 0 Å². The van der Waals surface area contributed by atoms with Crippen molar-refractivity contribution in [3.63, 3.8) is 0 Å². The van der Waals surface area contributed by atoms with E-state index in [2.05, 4.69) is 25.6 Å². The number of hydroxylamine groups is 2. The van der Waals surface area contributed by atoms with Crippen LogP contribution in [-0.4, -0.2) is 18.7 Å². The lowest BCUT2D eigenvalue weighted by atomic mass is 10.3. The van der Waals surface area contributed by atoms with E-state index in [4.69, 9.17) is 0 Å². The summed E-state index contributed by atoms with van der Waals surface area (Å²) in [5.41, 5.74) is 0.308. The minimum atomic E-state index is -3.84. The van der Waals surface area contributed by atoms with E-state index in [0.29, 0.717) is 5.70 Å². The molecular formula is C12H10BrN3O3S. The molecule has 0 spiro atoms. The molecule has 1 aromatic rings. The van der Waals surface area contributed by atoms with Crippen LogP contribution >= 0.6 is 15.9 Å². The van der Waals surface area contributed by atoms with Crippen LogP contribution in [0, 0.1) is 0 Å². The second kappa shape index (κ2) is 6.12. The Bertz CT molecular complexity index is 706. The lowest BCUT2D eigenvalue weighted by Crippen LogP contribution is -2.10. The number of hydrogen-bond acceptors (Lipinski definition) is 5. The first-order chi connectivity index (χ1) is 9.49. The van der Waals surface area contributed by atoms with Gasteiger partial charge in [0.25, 0.3) is 10.0 Å². The number of rotatable bonds is 3. The number of hydrogen-bond donors (Lipinski definition) is 1. The molecule has 20 heavy (non-hydrogen) atoms.